The van der Waals surface area contributed by atoms with E-state index in [4.69, 9.17) is 37.4 Å². The van der Waals surface area contributed by atoms with E-state index in [0.29, 0.717) is 40.1 Å². The zero-order valence-corrected chi connectivity index (χ0v) is 28.1. The van der Waals surface area contributed by atoms with E-state index in [1.807, 2.05) is 60.7 Å². The lowest BCUT2D eigenvalue weighted by Gasteiger charge is -2.46. The Hall–Kier alpha value is -3.46. The number of piperidine rings is 2. The minimum absolute atomic E-state index is 0.0159. The maximum Gasteiger partial charge on any atom is 0.228 e. The van der Waals surface area contributed by atoms with Crippen molar-refractivity contribution in [2.45, 2.75) is 44.7 Å². The molecule has 2 amide bonds. The molecule has 46 heavy (non-hydrogen) atoms. The van der Waals surface area contributed by atoms with Crippen LogP contribution < -0.4 is 19.1 Å². The lowest BCUT2D eigenvalue weighted by molar-refractivity contribution is -0.141. The smallest absolute Gasteiger partial charge is 0.228 e. The molecule has 0 aliphatic carbocycles. The van der Waals surface area contributed by atoms with Gasteiger partial charge in [0, 0.05) is 43.7 Å². The molecule has 3 heterocycles. The van der Waals surface area contributed by atoms with E-state index in [2.05, 4.69) is 9.80 Å². The molecule has 3 aromatic carbocycles. The fourth-order valence-electron chi connectivity index (χ4n) is 7.64. The Morgan fingerprint density at radius 3 is 2.37 bits per heavy atom. The third-order valence-corrected chi connectivity index (χ3v) is 10.6. The topological polar surface area (TPSA) is 71.6 Å². The third-order valence-electron chi connectivity index (χ3n) is 9.89. The standard InChI is InChI=1S/C36H41Cl2N3O5/c1-44-27-9-7-26(8-10-27)41-33(42)14-11-28(34(41)25-6-13-31(45-2)32(20-25)46-3)35(43)40-17-4-15-36(23-40)16-18-39(22-36)21-24-5-12-29(37)30(38)19-24/h5-10,12-13,19-20,28,34H,4,11,14-18,21-23H2,1-3H3. The van der Waals surface area contributed by atoms with Crippen LogP contribution >= 0.6 is 23.2 Å². The largest absolute Gasteiger partial charge is 0.497 e. The number of carbonyl (C=O) groups excluding carboxylic acids is 2. The normalized spacial score (nSPS) is 23.5. The SMILES string of the molecule is COc1ccc(N2C(=O)CCC(C(=O)N3CCCC4(CCN(Cc5ccc(Cl)c(Cl)c5)C4)C3)C2c2ccc(OC)c(OC)c2)cc1. The molecule has 3 fully saturated rings. The van der Waals surface area contributed by atoms with Crippen LogP contribution in [0.2, 0.25) is 10.0 Å². The van der Waals surface area contributed by atoms with Crippen molar-refractivity contribution >= 4 is 40.7 Å². The highest BCUT2D eigenvalue weighted by Gasteiger charge is 2.47. The monoisotopic (exact) mass is 665 g/mol. The van der Waals surface area contributed by atoms with Gasteiger partial charge in [-0.3, -0.25) is 14.5 Å². The van der Waals surface area contributed by atoms with Crippen LogP contribution in [0.15, 0.2) is 60.7 Å². The zero-order chi connectivity index (χ0) is 32.4. The Balaban J connectivity index is 1.27. The van der Waals surface area contributed by atoms with Crippen molar-refractivity contribution in [2.24, 2.45) is 11.3 Å². The quantitative estimate of drug-likeness (QED) is 0.258. The molecule has 244 valence electrons. The average molecular weight is 667 g/mol. The van der Waals surface area contributed by atoms with E-state index in [1.165, 1.54) is 0 Å². The molecule has 0 bridgehead atoms. The molecule has 1 spiro atoms. The summed E-state index contributed by atoms with van der Waals surface area (Å²) in [7, 11) is 4.81. The lowest BCUT2D eigenvalue weighted by atomic mass is 9.77. The second-order valence-electron chi connectivity index (χ2n) is 12.7. The van der Waals surface area contributed by atoms with Gasteiger partial charge in [0.05, 0.1) is 43.3 Å². The Bertz CT molecular complexity index is 1580. The van der Waals surface area contributed by atoms with Crippen LogP contribution in [0.25, 0.3) is 0 Å². The van der Waals surface area contributed by atoms with Gasteiger partial charge in [-0.2, -0.15) is 0 Å². The summed E-state index contributed by atoms with van der Waals surface area (Å²) in [6, 6.07) is 18.5. The molecule has 3 aliphatic rings. The number of nitrogens with zero attached hydrogens (tertiary/aromatic N) is 3. The molecule has 3 unspecified atom stereocenters. The predicted octanol–water partition coefficient (Wildman–Crippen LogP) is 7.02. The van der Waals surface area contributed by atoms with Gasteiger partial charge >= 0.3 is 0 Å². The number of hydrogen-bond donors (Lipinski definition) is 0. The molecule has 0 saturated carbocycles. The number of halogens is 2. The number of ether oxygens (including phenoxy) is 3. The van der Waals surface area contributed by atoms with E-state index in [9.17, 15) is 9.59 Å². The van der Waals surface area contributed by atoms with Gasteiger partial charge < -0.3 is 24.0 Å². The first-order chi connectivity index (χ1) is 22.2. The minimum atomic E-state index is -0.505. The van der Waals surface area contributed by atoms with Gasteiger partial charge in [-0.15, -0.1) is 0 Å². The van der Waals surface area contributed by atoms with Gasteiger partial charge in [-0.25, -0.2) is 0 Å². The second-order valence-corrected chi connectivity index (χ2v) is 13.6. The van der Waals surface area contributed by atoms with Gasteiger partial charge in [0.15, 0.2) is 11.5 Å². The van der Waals surface area contributed by atoms with E-state index in [1.54, 1.807) is 26.2 Å². The molecule has 10 heteroatoms. The van der Waals surface area contributed by atoms with Crippen molar-refractivity contribution in [3.63, 3.8) is 0 Å². The van der Waals surface area contributed by atoms with E-state index >= 15 is 0 Å². The van der Waals surface area contributed by atoms with Crippen molar-refractivity contribution in [3.8, 4) is 17.2 Å². The van der Waals surface area contributed by atoms with Crippen molar-refractivity contribution in [2.75, 3.05) is 52.4 Å². The van der Waals surface area contributed by atoms with Gasteiger partial charge in [0.25, 0.3) is 0 Å². The Labute approximate surface area is 281 Å². The highest BCUT2D eigenvalue weighted by molar-refractivity contribution is 6.42. The van der Waals surface area contributed by atoms with Crippen LogP contribution in [0.1, 0.15) is 49.3 Å². The zero-order valence-electron chi connectivity index (χ0n) is 26.6. The summed E-state index contributed by atoms with van der Waals surface area (Å²) in [5.41, 5.74) is 2.74. The summed E-state index contributed by atoms with van der Waals surface area (Å²) in [6.07, 6.45) is 3.87. The van der Waals surface area contributed by atoms with Gasteiger partial charge in [-0.05, 0) is 91.9 Å². The number of amides is 2. The maximum atomic E-state index is 14.7. The van der Waals surface area contributed by atoms with Crippen LogP contribution in [-0.4, -0.2) is 69.1 Å². The fraction of sp³-hybridized carbons (Fsp3) is 0.444. The van der Waals surface area contributed by atoms with Crippen molar-refractivity contribution < 1.29 is 23.8 Å². The summed E-state index contributed by atoms with van der Waals surface area (Å²) in [6.45, 7) is 4.14. The predicted molar refractivity (Wildman–Crippen MR) is 180 cm³/mol. The third kappa shape index (κ3) is 6.53. The Morgan fingerprint density at radius 2 is 1.65 bits per heavy atom. The number of likely N-dealkylation sites (tertiary alicyclic amines) is 2. The average Bonchev–Trinajstić information content (AvgIpc) is 3.46. The molecule has 0 radical (unpaired) electrons. The van der Waals surface area contributed by atoms with Crippen LogP contribution in [0.3, 0.4) is 0 Å². The number of carbonyl (C=O) groups is 2. The first-order valence-electron chi connectivity index (χ1n) is 15.9. The van der Waals surface area contributed by atoms with Gasteiger partial charge in [-0.1, -0.05) is 35.3 Å². The fourth-order valence-corrected chi connectivity index (χ4v) is 7.96. The first kappa shape index (κ1) is 32.5. The van der Waals surface area contributed by atoms with Crippen LogP contribution in [0.4, 0.5) is 5.69 Å². The highest BCUT2D eigenvalue weighted by Crippen LogP contribution is 2.45. The van der Waals surface area contributed by atoms with E-state index in [0.717, 1.165) is 68.8 Å². The molecule has 8 nitrogen and oxygen atoms in total. The molecule has 3 saturated heterocycles. The van der Waals surface area contributed by atoms with Crippen LogP contribution in [0.5, 0.6) is 17.2 Å². The molecule has 0 N–H and O–H groups in total. The van der Waals surface area contributed by atoms with E-state index < -0.39 is 12.0 Å². The summed E-state index contributed by atoms with van der Waals surface area (Å²) in [4.78, 5) is 34.7. The number of methoxy groups -OCH3 is 3. The molecule has 6 rings (SSSR count). The number of benzene rings is 3. The van der Waals surface area contributed by atoms with Gasteiger partial charge in [0.1, 0.15) is 5.75 Å². The van der Waals surface area contributed by atoms with Crippen molar-refractivity contribution in [3.05, 3.63) is 81.8 Å². The summed E-state index contributed by atoms with van der Waals surface area (Å²) >= 11 is 12.4. The molecular formula is C36H41Cl2N3O5. The number of anilines is 1. The summed E-state index contributed by atoms with van der Waals surface area (Å²) < 4.78 is 16.5. The lowest BCUT2D eigenvalue weighted by Crippen LogP contribution is -2.53. The Morgan fingerprint density at radius 1 is 0.870 bits per heavy atom. The molecule has 3 atom stereocenters. The number of hydrogen-bond acceptors (Lipinski definition) is 6. The maximum absolute atomic E-state index is 14.7. The molecule has 0 aromatic heterocycles. The summed E-state index contributed by atoms with van der Waals surface area (Å²) in [5.74, 6) is 1.53. The van der Waals surface area contributed by atoms with Crippen molar-refractivity contribution in [1.82, 2.24) is 9.80 Å². The molecular weight excluding hydrogens is 625 g/mol. The second kappa shape index (κ2) is 13.7. The highest BCUT2D eigenvalue weighted by atomic mass is 35.5. The van der Waals surface area contributed by atoms with Crippen LogP contribution in [0, 0.1) is 11.3 Å². The molecule has 3 aliphatic heterocycles. The Kier molecular flexibility index (Phi) is 9.69. The van der Waals surface area contributed by atoms with Gasteiger partial charge in [0.2, 0.25) is 11.8 Å². The number of rotatable bonds is 8. The minimum Gasteiger partial charge on any atom is -0.497 e. The van der Waals surface area contributed by atoms with E-state index in [-0.39, 0.29) is 17.2 Å². The first-order valence-corrected chi connectivity index (χ1v) is 16.6. The van der Waals surface area contributed by atoms with Crippen LogP contribution in [-0.2, 0) is 16.1 Å². The molecule has 3 aromatic rings. The van der Waals surface area contributed by atoms with Crippen molar-refractivity contribution in [1.29, 1.82) is 0 Å². The summed E-state index contributed by atoms with van der Waals surface area (Å²) in [5, 5.41) is 1.13.